The Morgan fingerprint density at radius 3 is 1.80 bits per heavy atom. The minimum atomic E-state index is -1.05. The lowest BCUT2D eigenvalue weighted by molar-refractivity contribution is -0.140. The monoisotopic (exact) mass is 415 g/mol. The first kappa shape index (κ1) is 26.9. The topological polar surface area (TPSA) is 83.9 Å². The van der Waals surface area contributed by atoms with Gasteiger partial charge in [-0.25, -0.2) is 4.79 Å². The Bertz CT molecular complexity index is 817. The highest BCUT2D eigenvalue weighted by Gasteiger charge is 2.21. The second-order valence-corrected chi connectivity index (χ2v) is 5.61. The van der Waals surface area contributed by atoms with Crippen molar-refractivity contribution in [1.82, 2.24) is 4.90 Å². The molecular weight excluding hydrogens is 382 g/mol. The number of carboxylic acids is 1. The van der Waals surface area contributed by atoms with Gasteiger partial charge in [-0.05, 0) is 30.2 Å². The van der Waals surface area contributed by atoms with E-state index in [1.807, 2.05) is 34.6 Å². The number of aromatic carboxylic acids is 1. The van der Waals surface area contributed by atoms with Crippen LogP contribution in [0.4, 0.5) is 0 Å². The van der Waals surface area contributed by atoms with Crippen LogP contribution in [0.25, 0.3) is 11.1 Å². The summed E-state index contributed by atoms with van der Waals surface area (Å²) in [4.78, 5) is 37.4. The second kappa shape index (κ2) is 14.8. The summed E-state index contributed by atoms with van der Waals surface area (Å²) in [5.74, 6) is -1.70. The van der Waals surface area contributed by atoms with Gasteiger partial charge in [-0.3, -0.25) is 9.59 Å². The molecule has 0 saturated carbocycles. The predicted octanol–water partition coefficient (Wildman–Crippen LogP) is 5.13. The van der Waals surface area contributed by atoms with E-state index in [0.717, 1.165) is 0 Å². The molecule has 0 bridgehead atoms. The number of amides is 1. The number of methoxy groups -OCH3 is 1. The summed E-state index contributed by atoms with van der Waals surface area (Å²) in [6, 6.07) is 13.4. The zero-order chi connectivity index (χ0) is 23.1. The van der Waals surface area contributed by atoms with Crippen molar-refractivity contribution >= 4 is 17.8 Å². The Labute approximate surface area is 179 Å². The van der Waals surface area contributed by atoms with Crippen LogP contribution in [0.3, 0.4) is 0 Å². The van der Waals surface area contributed by atoms with Crippen molar-refractivity contribution in [1.29, 1.82) is 0 Å². The Balaban J connectivity index is 0.00000198. The average molecular weight is 416 g/mol. The molecular formula is C24H33NO5. The van der Waals surface area contributed by atoms with Crippen LogP contribution in [-0.2, 0) is 9.53 Å². The number of rotatable bonds is 7. The fourth-order valence-electron chi connectivity index (χ4n) is 2.71. The molecule has 0 atom stereocenters. The second-order valence-electron chi connectivity index (χ2n) is 5.61. The molecule has 0 fully saturated rings. The summed E-state index contributed by atoms with van der Waals surface area (Å²) in [6.07, 6.45) is 0.101. The van der Waals surface area contributed by atoms with E-state index >= 15 is 0 Å². The first-order valence-corrected chi connectivity index (χ1v) is 10.3. The molecule has 1 N–H and O–H groups in total. The Hall–Kier alpha value is -3.15. The molecule has 6 nitrogen and oxygen atoms in total. The number of benzene rings is 2. The minimum absolute atomic E-state index is 0.101. The van der Waals surface area contributed by atoms with E-state index in [4.69, 9.17) is 0 Å². The van der Waals surface area contributed by atoms with Crippen LogP contribution in [0.2, 0.25) is 0 Å². The number of carbonyl (C=O) groups is 3. The molecule has 0 unspecified atom stereocenters. The van der Waals surface area contributed by atoms with E-state index in [2.05, 4.69) is 4.74 Å². The van der Waals surface area contributed by atoms with Gasteiger partial charge in [0.15, 0.2) is 0 Å². The zero-order valence-electron chi connectivity index (χ0n) is 18.8. The van der Waals surface area contributed by atoms with Crippen LogP contribution in [0.15, 0.2) is 48.5 Å². The van der Waals surface area contributed by atoms with E-state index in [1.54, 1.807) is 47.4 Å². The third-order valence-electron chi connectivity index (χ3n) is 4.09. The zero-order valence-corrected chi connectivity index (χ0v) is 18.8. The van der Waals surface area contributed by atoms with E-state index in [0.29, 0.717) is 23.2 Å². The summed E-state index contributed by atoms with van der Waals surface area (Å²) in [6.45, 7) is 10.5. The molecule has 0 spiro atoms. The first-order chi connectivity index (χ1) is 14.5. The highest BCUT2D eigenvalue weighted by atomic mass is 16.5. The molecule has 2 aromatic rings. The van der Waals surface area contributed by atoms with Crippen molar-refractivity contribution in [3.05, 3.63) is 59.7 Å². The van der Waals surface area contributed by atoms with Gasteiger partial charge in [-0.15, -0.1) is 0 Å². The van der Waals surface area contributed by atoms with Gasteiger partial charge in [-0.1, -0.05) is 64.1 Å². The Kier molecular flexibility index (Phi) is 13.2. The lowest BCUT2D eigenvalue weighted by Crippen LogP contribution is -2.33. The molecule has 0 aliphatic rings. The van der Waals surface area contributed by atoms with Gasteiger partial charge in [0.25, 0.3) is 5.91 Å². The average Bonchev–Trinajstić information content (AvgIpc) is 2.81. The van der Waals surface area contributed by atoms with Crippen molar-refractivity contribution in [2.75, 3.05) is 20.2 Å². The van der Waals surface area contributed by atoms with Crippen molar-refractivity contribution in [2.45, 2.75) is 41.0 Å². The van der Waals surface area contributed by atoms with Crippen LogP contribution in [0.1, 0.15) is 61.8 Å². The SMILES string of the molecule is CC.CC.CCN(CCC(=O)OC)C(=O)c1ccccc1-c1ccccc1C(=O)O. The third-order valence-corrected chi connectivity index (χ3v) is 4.09. The van der Waals surface area contributed by atoms with Crippen molar-refractivity contribution < 1.29 is 24.2 Å². The standard InChI is InChI=1S/C20H21NO5.2C2H6/c1-3-21(13-12-18(22)26-2)19(23)16-10-6-4-8-14(16)15-9-5-7-11-17(15)20(24)25;2*1-2/h4-11H,3,12-13H2,1-2H3,(H,24,25);2*1-2H3. The predicted molar refractivity (Wildman–Crippen MR) is 120 cm³/mol. The molecule has 0 aromatic heterocycles. The lowest BCUT2D eigenvalue weighted by atomic mass is 9.94. The van der Waals surface area contributed by atoms with Crippen molar-refractivity contribution in [3.8, 4) is 11.1 Å². The molecule has 164 valence electrons. The van der Waals surface area contributed by atoms with Crippen LogP contribution in [0.5, 0.6) is 0 Å². The quantitative estimate of drug-likeness (QED) is 0.634. The van der Waals surface area contributed by atoms with Gasteiger partial charge in [0.2, 0.25) is 0 Å². The first-order valence-electron chi connectivity index (χ1n) is 10.3. The number of carbonyl (C=O) groups excluding carboxylic acids is 2. The van der Waals surface area contributed by atoms with Gasteiger partial charge in [0.1, 0.15) is 0 Å². The molecule has 0 radical (unpaired) electrons. The minimum Gasteiger partial charge on any atom is -0.478 e. The molecule has 0 heterocycles. The van der Waals surface area contributed by atoms with Crippen LogP contribution >= 0.6 is 0 Å². The Morgan fingerprint density at radius 1 is 0.867 bits per heavy atom. The number of ether oxygens (including phenoxy) is 1. The third kappa shape index (κ3) is 7.35. The summed E-state index contributed by atoms with van der Waals surface area (Å²) < 4.78 is 4.62. The van der Waals surface area contributed by atoms with Gasteiger partial charge < -0.3 is 14.7 Å². The summed E-state index contributed by atoms with van der Waals surface area (Å²) in [7, 11) is 1.30. The fraction of sp³-hybridized carbons (Fsp3) is 0.375. The Morgan fingerprint density at radius 2 is 1.33 bits per heavy atom. The van der Waals surface area contributed by atoms with Gasteiger partial charge in [0, 0.05) is 18.7 Å². The lowest BCUT2D eigenvalue weighted by Gasteiger charge is -2.22. The molecule has 6 heteroatoms. The highest BCUT2D eigenvalue weighted by Crippen LogP contribution is 2.28. The summed E-state index contributed by atoms with van der Waals surface area (Å²) >= 11 is 0. The molecule has 0 aliphatic carbocycles. The van der Waals surface area contributed by atoms with Gasteiger partial charge in [0.05, 0.1) is 19.1 Å². The highest BCUT2D eigenvalue weighted by molar-refractivity contribution is 6.04. The van der Waals surface area contributed by atoms with Crippen LogP contribution in [-0.4, -0.2) is 48.1 Å². The van der Waals surface area contributed by atoms with Gasteiger partial charge in [-0.2, -0.15) is 0 Å². The maximum Gasteiger partial charge on any atom is 0.336 e. The maximum absolute atomic E-state index is 13.0. The number of esters is 1. The summed E-state index contributed by atoms with van der Waals surface area (Å²) in [5, 5.41) is 9.44. The van der Waals surface area contributed by atoms with Crippen LogP contribution < -0.4 is 0 Å². The molecule has 2 aromatic carbocycles. The molecule has 30 heavy (non-hydrogen) atoms. The summed E-state index contributed by atoms with van der Waals surface area (Å²) in [5.41, 5.74) is 1.55. The number of hydrogen-bond acceptors (Lipinski definition) is 4. The number of carboxylic acid groups (broad SMARTS) is 1. The number of hydrogen-bond donors (Lipinski definition) is 1. The molecule has 2 rings (SSSR count). The fourth-order valence-corrected chi connectivity index (χ4v) is 2.71. The van der Waals surface area contributed by atoms with Gasteiger partial charge >= 0.3 is 11.9 Å². The molecule has 0 aliphatic heterocycles. The van der Waals surface area contributed by atoms with Crippen LogP contribution in [0, 0.1) is 0 Å². The normalized spacial score (nSPS) is 9.27. The largest absolute Gasteiger partial charge is 0.478 e. The molecule has 0 saturated heterocycles. The van der Waals surface area contributed by atoms with E-state index in [1.165, 1.54) is 13.2 Å². The van der Waals surface area contributed by atoms with E-state index in [-0.39, 0.29) is 30.4 Å². The van der Waals surface area contributed by atoms with Crippen molar-refractivity contribution in [3.63, 3.8) is 0 Å². The van der Waals surface area contributed by atoms with Crippen molar-refractivity contribution in [2.24, 2.45) is 0 Å². The smallest absolute Gasteiger partial charge is 0.336 e. The van der Waals surface area contributed by atoms with E-state index < -0.39 is 5.97 Å². The number of nitrogens with zero attached hydrogens (tertiary/aromatic N) is 1. The maximum atomic E-state index is 13.0. The molecule has 1 amide bonds. The van der Waals surface area contributed by atoms with E-state index in [9.17, 15) is 19.5 Å².